The van der Waals surface area contributed by atoms with E-state index < -0.39 is 23.9 Å². The summed E-state index contributed by atoms with van der Waals surface area (Å²) < 4.78 is 43.9. The molecule has 122 valence electrons. The molecule has 0 amide bonds. The molecule has 21 heavy (non-hydrogen) atoms. The summed E-state index contributed by atoms with van der Waals surface area (Å²) in [7, 11) is 1.30. The second kappa shape index (κ2) is 8.46. The van der Waals surface area contributed by atoms with Gasteiger partial charge in [0.05, 0.1) is 24.8 Å². The first kappa shape index (κ1) is 20.0. The molecule has 0 heterocycles. The molecular weight excluding hydrogens is 307 g/mol. The zero-order chi connectivity index (χ0) is 15.3. The SMILES string of the molecule is CCCC[C@H](O)[C@H](N)c1ccc(OC)cc1C(F)(F)F.Cl. The van der Waals surface area contributed by atoms with Gasteiger partial charge >= 0.3 is 6.18 Å². The van der Waals surface area contributed by atoms with Crippen LogP contribution in [0.15, 0.2) is 18.2 Å². The van der Waals surface area contributed by atoms with Crippen LogP contribution in [0.4, 0.5) is 13.2 Å². The molecular formula is C14H21ClF3NO2. The Morgan fingerprint density at radius 3 is 2.43 bits per heavy atom. The Balaban J connectivity index is 0.00000400. The van der Waals surface area contributed by atoms with Crippen molar-refractivity contribution < 1.29 is 23.0 Å². The van der Waals surface area contributed by atoms with E-state index in [1.807, 2.05) is 6.92 Å². The van der Waals surface area contributed by atoms with Crippen LogP contribution in [-0.4, -0.2) is 18.3 Å². The van der Waals surface area contributed by atoms with Crippen molar-refractivity contribution in [2.24, 2.45) is 5.73 Å². The maximum atomic E-state index is 13.0. The highest BCUT2D eigenvalue weighted by Gasteiger charge is 2.36. The molecule has 3 N–H and O–H groups in total. The molecule has 1 aromatic carbocycles. The van der Waals surface area contributed by atoms with Crippen LogP contribution < -0.4 is 10.5 Å². The minimum atomic E-state index is -4.54. The molecule has 0 unspecified atom stereocenters. The van der Waals surface area contributed by atoms with Crippen molar-refractivity contribution in [2.45, 2.75) is 44.5 Å². The van der Waals surface area contributed by atoms with Gasteiger partial charge in [0.15, 0.2) is 0 Å². The smallest absolute Gasteiger partial charge is 0.416 e. The fourth-order valence-corrected chi connectivity index (χ4v) is 2.00. The predicted octanol–water partition coefficient (Wildman–Crippen LogP) is 3.69. The summed E-state index contributed by atoms with van der Waals surface area (Å²) in [6.45, 7) is 1.94. The highest BCUT2D eigenvalue weighted by atomic mass is 35.5. The third-order valence-electron chi connectivity index (χ3n) is 3.19. The molecule has 0 aliphatic rings. The fourth-order valence-electron chi connectivity index (χ4n) is 2.00. The van der Waals surface area contributed by atoms with E-state index in [-0.39, 0.29) is 23.7 Å². The lowest BCUT2D eigenvalue weighted by molar-refractivity contribution is -0.138. The highest BCUT2D eigenvalue weighted by molar-refractivity contribution is 5.85. The summed E-state index contributed by atoms with van der Waals surface area (Å²) in [5, 5.41) is 9.90. The summed E-state index contributed by atoms with van der Waals surface area (Å²) in [5.41, 5.74) is 4.81. The number of aliphatic hydroxyl groups is 1. The molecule has 0 aliphatic carbocycles. The van der Waals surface area contributed by atoms with Gasteiger partial charge in [-0.25, -0.2) is 0 Å². The Morgan fingerprint density at radius 1 is 1.33 bits per heavy atom. The molecule has 7 heteroatoms. The number of alkyl halides is 3. The number of unbranched alkanes of at least 4 members (excludes halogenated alkanes) is 1. The first-order valence-electron chi connectivity index (χ1n) is 6.50. The maximum absolute atomic E-state index is 13.0. The standard InChI is InChI=1S/C14H20F3NO2.ClH/c1-3-4-5-12(19)13(18)10-7-6-9(20-2)8-11(10)14(15,16)17;/h6-8,12-13,19H,3-5,18H2,1-2H3;1H/t12-,13+;/m0./s1. The molecule has 0 saturated carbocycles. The van der Waals surface area contributed by atoms with Crippen LogP contribution >= 0.6 is 12.4 Å². The van der Waals surface area contributed by atoms with Crippen molar-refractivity contribution in [1.82, 2.24) is 0 Å². The lowest BCUT2D eigenvalue weighted by Gasteiger charge is -2.23. The summed E-state index contributed by atoms with van der Waals surface area (Å²) in [5.74, 6) is 0.108. The quantitative estimate of drug-likeness (QED) is 0.838. The number of hydrogen-bond donors (Lipinski definition) is 2. The van der Waals surface area contributed by atoms with Gasteiger partial charge < -0.3 is 15.6 Å². The van der Waals surface area contributed by atoms with Gasteiger partial charge in [-0.3, -0.25) is 0 Å². The van der Waals surface area contributed by atoms with Crippen molar-refractivity contribution >= 4 is 12.4 Å². The molecule has 2 atom stereocenters. The van der Waals surface area contributed by atoms with E-state index in [1.165, 1.54) is 19.2 Å². The molecule has 0 bridgehead atoms. The van der Waals surface area contributed by atoms with Crippen molar-refractivity contribution in [1.29, 1.82) is 0 Å². The molecule has 0 fully saturated rings. The Hall–Kier alpha value is -0.980. The van der Waals surface area contributed by atoms with Gasteiger partial charge in [0, 0.05) is 0 Å². The largest absolute Gasteiger partial charge is 0.497 e. The Bertz CT molecular complexity index is 441. The second-order valence-corrected chi connectivity index (χ2v) is 4.69. The van der Waals surface area contributed by atoms with Crippen molar-refractivity contribution in [3.8, 4) is 5.75 Å². The third-order valence-corrected chi connectivity index (χ3v) is 3.19. The maximum Gasteiger partial charge on any atom is 0.416 e. The Morgan fingerprint density at radius 2 is 1.95 bits per heavy atom. The van der Waals surface area contributed by atoms with E-state index in [1.54, 1.807) is 0 Å². The van der Waals surface area contributed by atoms with Gasteiger partial charge in [0.25, 0.3) is 0 Å². The molecule has 0 spiro atoms. The van der Waals surface area contributed by atoms with Crippen LogP contribution in [0.2, 0.25) is 0 Å². The zero-order valence-corrected chi connectivity index (χ0v) is 12.8. The van der Waals surface area contributed by atoms with Gasteiger partial charge in [0.1, 0.15) is 5.75 Å². The van der Waals surface area contributed by atoms with Crippen LogP contribution in [0.3, 0.4) is 0 Å². The lowest BCUT2D eigenvalue weighted by atomic mass is 9.94. The number of ether oxygens (including phenoxy) is 1. The number of halogens is 4. The number of benzene rings is 1. The summed E-state index contributed by atoms with van der Waals surface area (Å²) in [6, 6.07) is 2.52. The van der Waals surface area contributed by atoms with Crippen LogP contribution in [0.25, 0.3) is 0 Å². The third kappa shape index (κ3) is 5.37. The number of hydrogen-bond acceptors (Lipinski definition) is 3. The molecule has 0 aromatic heterocycles. The minimum Gasteiger partial charge on any atom is -0.497 e. The van der Waals surface area contributed by atoms with Crippen molar-refractivity contribution in [3.63, 3.8) is 0 Å². The van der Waals surface area contributed by atoms with E-state index >= 15 is 0 Å². The highest BCUT2D eigenvalue weighted by Crippen LogP contribution is 2.37. The average molecular weight is 328 g/mol. The Labute approximate surface area is 128 Å². The van der Waals surface area contributed by atoms with Crippen molar-refractivity contribution in [3.05, 3.63) is 29.3 Å². The number of methoxy groups -OCH3 is 1. The first-order chi connectivity index (χ1) is 9.31. The molecule has 0 aliphatic heterocycles. The van der Waals surface area contributed by atoms with Crippen LogP contribution in [0.1, 0.15) is 43.4 Å². The second-order valence-electron chi connectivity index (χ2n) is 4.69. The topological polar surface area (TPSA) is 55.5 Å². The van der Waals surface area contributed by atoms with Crippen LogP contribution in [0, 0.1) is 0 Å². The zero-order valence-electron chi connectivity index (χ0n) is 12.0. The normalized spacial score (nSPS) is 14.2. The van der Waals surface area contributed by atoms with Gasteiger partial charge in [0.2, 0.25) is 0 Å². The number of aliphatic hydroxyl groups excluding tert-OH is 1. The average Bonchev–Trinajstić information content (AvgIpc) is 2.42. The van der Waals surface area contributed by atoms with E-state index in [9.17, 15) is 18.3 Å². The molecule has 0 radical (unpaired) electrons. The molecule has 1 rings (SSSR count). The summed E-state index contributed by atoms with van der Waals surface area (Å²) in [4.78, 5) is 0. The van der Waals surface area contributed by atoms with Gasteiger partial charge in [-0.1, -0.05) is 25.8 Å². The van der Waals surface area contributed by atoms with E-state index in [4.69, 9.17) is 10.5 Å². The monoisotopic (exact) mass is 327 g/mol. The number of nitrogens with two attached hydrogens (primary N) is 1. The van der Waals surface area contributed by atoms with Crippen LogP contribution in [0.5, 0.6) is 5.75 Å². The van der Waals surface area contributed by atoms with E-state index in [0.717, 1.165) is 12.5 Å². The fraction of sp³-hybridized carbons (Fsp3) is 0.571. The molecule has 0 saturated heterocycles. The molecule has 3 nitrogen and oxygen atoms in total. The van der Waals surface area contributed by atoms with E-state index in [2.05, 4.69) is 0 Å². The summed E-state index contributed by atoms with van der Waals surface area (Å²) in [6.07, 6.45) is -3.60. The van der Waals surface area contributed by atoms with Crippen LogP contribution in [-0.2, 0) is 6.18 Å². The molecule has 1 aromatic rings. The minimum absolute atomic E-state index is 0. The van der Waals surface area contributed by atoms with Gasteiger partial charge in [-0.15, -0.1) is 12.4 Å². The number of rotatable bonds is 6. The summed E-state index contributed by atoms with van der Waals surface area (Å²) >= 11 is 0. The van der Waals surface area contributed by atoms with Gasteiger partial charge in [-0.05, 0) is 24.1 Å². The first-order valence-corrected chi connectivity index (χ1v) is 6.50. The van der Waals surface area contributed by atoms with E-state index in [0.29, 0.717) is 12.8 Å². The van der Waals surface area contributed by atoms with Gasteiger partial charge in [-0.2, -0.15) is 13.2 Å². The van der Waals surface area contributed by atoms with Crippen molar-refractivity contribution in [2.75, 3.05) is 7.11 Å². The lowest BCUT2D eigenvalue weighted by Crippen LogP contribution is -2.28. The Kier molecular flexibility index (Phi) is 8.06. The predicted molar refractivity (Wildman–Crippen MR) is 77.7 cm³/mol.